The Labute approximate surface area is 94.6 Å². The molecule has 16 heavy (non-hydrogen) atoms. The zero-order valence-corrected chi connectivity index (χ0v) is 9.31. The Morgan fingerprint density at radius 3 is 2.94 bits per heavy atom. The molecule has 0 radical (unpaired) electrons. The predicted octanol–water partition coefficient (Wildman–Crippen LogP) is 0.742. The Morgan fingerprint density at radius 1 is 1.38 bits per heavy atom. The zero-order valence-electron chi connectivity index (χ0n) is 9.31. The van der Waals surface area contributed by atoms with Gasteiger partial charge in [-0.25, -0.2) is 10.8 Å². The molecule has 1 aromatic rings. The minimum Gasteiger partial charge on any atom is -0.379 e. The molecule has 2 unspecified atom stereocenters. The molecule has 6 heteroatoms. The fourth-order valence-electron chi connectivity index (χ4n) is 2.07. The molecule has 88 valence electrons. The molecule has 1 saturated carbocycles. The molecule has 0 spiro atoms. The van der Waals surface area contributed by atoms with Crippen LogP contribution in [0.1, 0.15) is 19.3 Å². The number of rotatable bonds is 4. The largest absolute Gasteiger partial charge is 0.379 e. The van der Waals surface area contributed by atoms with Crippen molar-refractivity contribution in [3.8, 4) is 0 Å². The van der Waals surface area contributed by atoms with Crippen LogP contribution in [0.3, 0.4) is 0 Å². The van der Waals surface area contributed by atoms with Crippen LogP contribution in [-0.2, 0) is 4.74 Å². The van der Waals surface area contributed by atoms with Gasteiger partial charge in [-0.15, -0.1) is 0 Å². The number of hydrogen-bond donors (Lipinski definition) is 3. The number of nitrogens with zero attached hydrogens (tertiary/aromatic N) is 2. The van der Waals surface area contributed by atoms with E-state index in [4.69, 9.17) is 10.6 Å². The molecule has 1 aliphatic rings. The number of anilines is 2. The average molecular weight is 223 g/mol. The fraction of sp³-hybridized carbons (Fsp3) is 0.600. The number of hydrogen-bond acceptors (Lipinski definition) is 6. The highest BCUT2D eigenvalue weighted by Gasteiger charge is 2.27. The second kappa shape index (κ2) is 5.09. The minimum absolute atomic E-state index is 0.260. The first-order valence-corrected chi connectivity index (χ1v) is 5.41. The Balaban J connectivity index is 2.02. The molecule has 1 heterocycles. The van der Waals surface area contributed by atoms with Crippen molar-refractivity contribution in [1.29, 1.82) is 0 Å². The number of nitrogens with one attached hydrogen (secondary N) is 2. The van der Waals surface area contributed by atoms with E-state index in [-0.39, 0.29) is 6.10 Å². The van der Waals surface area contributed by atoms with E-state index in [9.17, 15) is 0 Å². The van der Waals surface area contributed by atoms with Gasteiger partial charge in [0.05, 0.1) is 24.5 Å². The maximum Gasteiger partial charge on any atom is 0.160 e. The topological polar surface area (TPSA) is 85.1 Å². The van der Waals surface area contributed by atoms with Crippen LogP contribution in [0.2, 0.25) is 0 Å². The van der Waals surface area contributed by atoms with Crippen LogP contribution in [-0.4, -0.2) is 29.2 Å². The van der Waals surface area contributed by atoms with Crippen LogP contribution in [0.15, 0.2) is 12.4 Å². The second-order valence-corrected chi connectivity index (χ2v) is 3.89. The normalized spacial score (nSPS) is 24.4. The average Bonchev–Trinajstić information content (AvgIpc) is 2.76. The molecule has 1 fully saturated rings. The first-order chi connectivity index (χ1) is 7.83. The highest BCUT2D eigenvalue weighted by atomic mass is 16.5. The van der Waals surface area contributed by atoms with Crippen LogP contribution in [0.4, 0.5) is 11.6 Å². The number of nitrogens with two attached hydrogens (primary N) is 1. The molecular formula is C10H17N5O. The Morgan fingerprint density at radius 2 is 2.19 bits per heavy atom. The van der Waals surface area contributed by atoms with E-state index >= 15 is 0 Å². The number of aromatic nitrogens is 2. The van der Waals surface area contributed by atoms with Gasteiger partial charge >= 0.3 is 0 Å². The standard InChI is InChI=1S/C10H17N5O/c1-16-8-4-2-3-7(8)13-9-5-12-6-10(14-9)15-11/h5-8H,2-4,11H2,1H3,(H2,13,14,15). The summed E-state index contributed by atoms with van der Waals surface area (Å²) in [5.41, 5.74) is 2.47. The van der Waals surface area contributed by atoms with Crippen molar-refractivity contribution in [2.75, 3.05) is 17.9 Å². The summed E-state index contributed by atoms with van der Waals surface area (Å²) in [6.07, 6.45) is 6.89. The van der Waals surface area contributed by atoms with Gasteiger partial charge in [-0.2, -0.15) is 0 Å². The molecule has 0 aromatic carbocycles. The fourth-order valence-corrected chi connectivity index (χ4v) is 2.07. The molecule has 2 atom stereocenters. The summed E-state index contributed by atoms with van der Waals surface area (Å²) in [7, 11) is 1.74. The second-order valence-electron chi connectivity index (χ2n) is 3.89. The van der Waals surface area contributed by atoms with Gasteiger partial charge in [-0.1, -0.05) is 0 Å². The highest BCUT2D eigenvalue weighted by molar-refractivity contribution is 5.41. The third kappa shape index (κ3) is 2.40. The lowest BCUT2D eigenvalue weighted by Gasteiger charge is -2.20. The molecule has 2 rings (SSSR count). The molecule has 1 aliphatic carbocycles. The summed E-state index contributed by atoms with van der Waals surface area (Å²) in [4.78, 5) is 8.30. The minimum atomic E-state index is 0.260. The van der Waals surface area contributed by atoms with E-state index < -0.39 is 0 Å². The molecule has 0 aliphatic heterocycles. The molecule has 6 nitrogen and oxygen atoms in total. The molecule has 0 amide bonds. The monoisotopic (exact) mass is 223 g/mol. The van der Waals surface area contributed by atoms with E-state index in [1.807, 2.05) is 0 Å². The zero-order chi connectivity index (χ0) is 11.4. The third-order valence-electron chi connectivity index (χ3n) is 2.87. The van der Waals surface area contributed by atoms with E-state index in [1.54, 1.807) is 19.5 Å². The summed E-state index contributed by atoms with van der Waals surface area (Å²) < 4.78 is 5.40. The lowest BCUT2D eigenvalue weighted by molar-refractivity contribution is 0.101. The maximum absolute atomic E-state index is 5.40. The first kappa shape index (κ1) is 11.1. The maximum atomic E-state index is 5.40. The molecular weight excluding hydrogens is 206 g/mol. The summed E-state index contributed by atoms with van der Waals surface area (Å²) in [5, 5.41) is 3.32. The molecule has 4 N–H and O–H groups in total. The lowest BCUT2D eigenvalue weighted by atomic mass is 10.2. The van der Waals surface area contributed by atoms with E-state index in [0.29, 0.717) is 11.9 Å². The SMILES string of the molecule is COC1CCCC1Nc1cncc(NN)n1. The first-order valence-electron chi connectivity index (χ1n) is 5.41. The smallest absolute Gasteiger partial charge is 0.160 e. The lowest BCUT2D eigenvalue weighted by Crippen LogP contribution is -2.30. The van der Waals surface area contributed by atoms with Crippen molar-refractivity contribution in [3.63, 3.8) is 0 Å². The van der Waals surface area contributed by atoms with Crippen LogP contribution in [0, 0.1) is 0 Å². The number of nitrogen functional groups attached to an aromatic ring is 1. The third-order valence-corrected chi connectivity index (χ3v) is 2.87. The van der Waals surface area contributed by atoms with Gasteiger partial charge < -0.3 is 15.5 Å². The Hall–Kier alpha value is -1.40. The van der Waals surface area contributed by atoms with E-state index in [2.05, 4.69) is 20.7 Å². The molecule has 0 bridgehead atoms. The van der Waals surface area contributed by atoms with Crippen molar-refractivity contribution in [1.82, 2.24) is 9.97 Å². The van der Waals surface area contributed by atoms with E-state index in [1.165, 1.54) is 6.42 Å². The van der Waals surface area contributed by atoms with Crippen LogP contribution in [0.5, 0.6) is 0 Å². The highest BCUT2D eigenvalue weighted by Crippen LogP contribution is 2.24. The molecule has 1 aromatic heterocycles. The van der Waals surface area contributed by atoms with Crippen molar-refractivity contribution in [2.24, 2.45) is 5.84 Å². The van der Waals surface area contributed by atoms with Gasteiger partial charge in [0.25, 0.3) is 0 Å². The van der Waals surface area contributed by atoms with Crippen molar-refractivity contribution >= 4 is 11.6 Å². The summed E-state index contributed by atoms with van der Waals surface area (Å²) in [6.45, 7) is 0. The van der Waals surface area contributed by atoms with Crippen LogP contribution < -0.4 is 16.6 Å². The van der Waals surface area contributed by atoms with E-state index in [0.717, 1.165) is 18.7 Å². The Bertz CT molecular complexity index is 346. The van der Waals surface area contributed by atoms with Crippen molar-refractivity contribution < 1.29 is 4.74 Å². The van der Waals surface area contributed by atoms with Gasteiger partial charge in [0.1, 0.15) is 5.82 Å². The van der Waals surface area contributed by atoms with Crippen LogP contribution >= 0.6 is 0 Å². The number of hydrazine groups is 1. The van der Waals surface area contributed by atoms with Crippen LogP contribution in [0.25, 0.3) is 0 Å². The van der Waals surface area contributed by atoms with Gasteiger partial charge in [0, 0.05) is 7.11 Å². The molecule has 0 saturated heterocycles. The van der Waals surface area contributed by atoms with Gasteiger partial charge in [0.15, 0.2) is 5.82 Å². The van der Waals surface area contributed by atoms with Crippen molar-refractivity contribution in [2.45, 2.75) is 31.4 Å². The number of ether oxygens (including phenoxy) is 1. The predicted molar refractivity (Wildman–Crippen MR) is 61.9 cm³/mol. The summed E-state index contributed by atoms with van der Waals surface area (Å²) in [5.74, 6) is 6.55. The van der Waals surface area contributed by atoms with Gasteiger partial charge in [-0.05, 0) is 19.3 Å². The summed E-state index contributed by atoms with van der Waals surface area (Å²) in [6, 6.07) is 0.312. The Kier molecular flexibility index (Phi) is 3.53. The van der Waals surface area contributed by atoms with Gasteiger partial charge in [0.2, 0.25) is 0 Å². The van der Waals surface area contributed by atoms with Crippen molar-refractivity contribution in [3.05, 3.63) is 12.4 Å². The summed E-state index contributed by atoms with van der Waals surface area (Å²) >= 11 is 0. The number of methoxy groups -OCH3 is 1. The quantitative estimate of drug-likeness (QED) is 0.515. The van der Waals surface area contributed by atoms with Gasteiger partial charge in [-0.3, -0.25) is 4.98 Å².